The minimum atomic E-state index is -4.46. The number of amides is 2. The zero-order valence-corrected chi connectivity index (χ0v) is 20.6. The highest BCUT2D eigenvalue weighted by atomic mass is 19.4. The quantitative estimate of drug-likeness (QED) is 0.385. The molecule has 1 heterocycles. The van der Waals surface area contributed by atoms with Crippen LogP contribution >= 0.6 is 0 Å². The van der Waals surface area contributed by atoms with Crippen molar-refractivity contribution in [2.45, 2.75) is 51.4 Å². The number of halogens is 3. The molecule has 0 aliphatic heterocycles. The first-order valence-corrected chi connectivity index (χ1v) is 11.7. The molecule has 0 saturated carbocycles. The van der Waals surface area contributed by atoms with Gasteiger partial charge in [0.1, 0.15) is 17.1 Å². The lowest BCUT2D eigenvalue weighted by atomic mass is 10.1. The Morgan fingerprint density at radius 2 is 1.54 bits per heavy atom. The summed E-state index contributed by atoms with van der Waals surface area (Å²) in [5, 5.41) is 8.46. The molecule has 0 atom stereocenters. The number of carbonyl (C=O) groups is 2. The number of hydrogen-bond acceptors (Lipinski definition) is 5. The first kappa shape index (κ1) is 26.0. The molecule has 10 heteroatoms. The Balaban J connectivity index is 1.55. The molecule has 194 valence electrons. The number of nitrogens with one attached hydrogen (secondary N) is 3. The Morgan fingerprint density at radius 3 is 2.11 bits per heavy atom. The van der Waals surface area contributed by atoms with E-state index in [1.807, 2.05) is 24.3 Å². The minimum absolute atomic E-state index is 0.0268. The summed E-state index contributed by atoms with van der Waals surface area (Å²) < 4.78 is 44.0. The molecule has 1 aliphatic rings. The summed E-state index contributed by atoms with van der Waals surface area (Å²) in [6.45, 7) is 5.15. The van der Waals surface area contributed by atoms with E-state index >= 15 is 0 Å². The summed E-state index contributed by atoms with van der Waals surface area (Å²) in [5.74, 6) is -0.283. The fourth-order valence-corrected chi connectivity index (χ4v) is 4.02. The predicted octanol–water partition coefficient (Wildman–Crippen LogP) is 6.09. The third kappa shape index (κ3) is 6.99. The van der Waals surface area contributed by atoms with Crippen molar-refractivity contribution in [3.8, 4) is 0 Å². The second-order valence-corrected chi connectivity index (χ2v) is 9.80. The second-order valence-electron chi connectivity index (χ2n) is 9.80. The maximum Gasteiger partial charge on any atom is 0.416 e. The molecule has 3 N–H and O–H groups in total. The summed E-state index contributed by atoms with van der Waals surface area (Å²) in [6.07, 6.45) is -3.81. The summed E-state index contributed by atoms with van der Waals surface area (Å²) in [4.78, 5) is 29.8. The van der Waals surface area contributed by atoms with Gasteiger partial charge in [0, 0.05) is 17.8 Å². The van der Waals surface area contributed by atoms with Gasteiger partial charge in [0.2, 0.25) is 0 Å². The van der Waals surface area contributed by atoms with Crippen molar-refractivity contribution in [2.24, 2.45) is 0 Å². The number of alkyl halides is 3. The number of anilines is 3. The average Bonchev–Trinajstić information content (AvgIpc) is 3.19. The first-order chi connectivity index (χ1) is 17.4. The van der Waals surface area contributed by atoms with Crippen LogP contribution in [0.4, 0.5) is 35.2 Å². The Morgan fingerprint density at radius 1 is 0.919 bits per heavy atom. The highest BCUT2D eigenvalue weighted by molar-refractivity contribution is 5.95. The zero-order chi connectivity index (χ0) is 26.8. The molecule has 2 aromatic carbocycles. The predicted molar refractivity (Wildman–Crippen MR) is 134 cm³/mol. The Hall–Kier alpha value is -4.08. The molecule has 37 heavy (non-hydrogen) atoms. The molecule has 0 radical (unpaired) electrons. The zero-order valence-electron chi connectivity index (χ0n) is 20.6. The molecular weight excluding hydrogens is 485 g/mol. The van der Waals surface area contributed by atoms with E-state index in [2.05, 4.69) is 20.9 Å². The highest BCUT2D eigenvalue weighted by Crippen LogP contribution is 2.30. The maximum absolute atomic E-state index is 13.1. The van der Waals surface area contributed by atoms with E-state index < -0.39 is 29.3 Å². The van der Waals surface area contributed by atoms with Crippen molar-refractivity contribution < 1.29 is 27.5 Å². The Labute approximate surface area is 212 Å². The average molecular weight is 513 g/mol. The van der Waals surface area contributed by atoms with Gasteiger partial charge in [-0.2, -0.15) is 13.2 Å². The molecule has 2 amide bonds. The van der Waals surface area contributed by atoms with Gasteiger partial charge in [-0.3, -0.25) is 10.1 Å². The van der Waals surface area contributed by atoms with Crippen LogP contribution in [0.1, 0.15) is 48.0 Å². The lowest BCUT2D eigenvalue weighted by Gasteiger charge is -2.20. The van der Waals surface area contributed by atoms with Crippen LogP contribution in [-0.4, -0.2) is 28.6 Å². The molecule has 0 spiro atoms. The SMILES string of the molecule is CC(C)(C)OC(=O)Nc1cc(Nc2ccc(C(F)(F)F)cc2)nc(C(=O)NC2Cc3ccccc3C2)c1. The number of rotatable bonds is 5. The number of nitrogens with zero attached hydrogens (tertiary/aromatic N) is 1. The summed E-state index contributed by atoms with van der Waals surface area (Å²) >= 11 is 0. The van der Waals surface area contributed by atoms with Gasteiger partial charge < -0.3 is 15.4 Å². The van der Waals surface area contributed by atoms with Crippen LogP contribution in [0.2, 0.25) is 0 Å². The molecule has 0 fully saturated rings. The lowest BCUT2D eigenvalue weighted by Crippen LogP contribution is -2.36. The summed E-state index contributed by atoms with van der Waals surface area (Å²) in [7, 11) is 0. The van der Waals surface area contributed by atoms with E-state index in [-0.39, 0.29) is 23.2 Å². The van der Waals surface area contributed by atoms with E-state index in [1.54, 1.807) is 20.8 Å². The smallest absolute Gasteiger partial charge is 0.416 e. The van der Waals surface area contributed by atoms with Gasteiger partial charge in [0.15, 0.2) is 0 Å². The number of ether oxygens (including phenoxy) is 1. The Bertz CT molecular complexity index is 1280. The largest absolute Gasteiger partial charge is 0.444 e. The van der Waals surface area contributed by atoms with Gasteiger partial charge in [-0.25, -0.2) is 9.78 Å². The summed E-state index contributed by atoms with van der Waals surface area (Å²) in [5.41, 5.74) is 1.40. The van der Waals surface area contributed by atoms with Crippen LogP contribution < -0.4 is 16.0 Å². The van der Waals surface area contributed by atoms with Crippen molar-refractivity contribution in [3.05, 3.63) is 83.0 Å². The lowest BCUT2D eigenvalue weighted by molar-refractivity contribution is -0.137. The number of fused-ring (bicyclic) bond motifs is 1. The van der Waals surface area contributed by atoms with E-state index in [4.69, 9.17) is 4.74 Å². The van der Waals surface area contributed by atoms with Gasteiger partial charge in [-0.1, -0.05) is 24.3 Å². The van der Waals surface area contributed by atoms with Crippen LogP contribution in [0.5, 0.6) is 0 Å². The molecule has 3 aromatic rings. The third-order valence-corrected chi connectivity index (χ3v) is 5.57. The number of aromatic nitrogens is 1. The highest BCUT2D eigenvalue weighted by Gasteiger charge is 2.30. The minimum Gasteiger partial charge on any atom is -0.444 e. The summed E-state index contributed by atoms with van der Waals surface area (Å²) in [6, 6.07) is 15.1. The van der Waals surface area contributed by atoms with Crippen LogP contribution in [0.15, 0.2) is 60.7 Å². The molecule has 4 rings (SSSR count). The standard InChI is InChI=1S/C27H27F3N4O3/c1-26(2,3)37-25(36)33-21-14-22(24(35)32-20-12-16-6-4-5-7-17(16)13-20)34-23(15-21)31-19-10-8-18(9-11-19)27(28,29)30/h4-11,14-15,20H,12-13H2,1-3H3,(H,32,35)(H2,31,33,34,36). The fraction of sp³-hybridized carbons (Fsp3) is 0.296. The van der Waals surface area contributed by atoms with E-state index in [9.17, 15) is 22.8 Å². The van der Waals surface area contributed by atoms with Gasteiger partial charge in [-0.15, -0.1) is 0 Å². The first-order valence-electron chi connectivity index (χ1n) is 11.7. The normalized spacial score (nSPS) is 13.6. The van der Waals surface area contributed by atoms with Gasteiger partial charge >= 0.3 is 12.3 Å². The van der Waals surface area contributed by atoms with E-state index in [1.165, 1.54) is 35.4 Å². The number of hydrogen-bond donors (Lipinski definition) is 3. The second kappa shape index (κ2) is 10.1. The topological polar surface area (TPSA) is 92.3 Å². The van der Waals surface area contributed by atoms with Crippen molar-refractivity contribution in [1.29, 1.82) is 0 Å². The molecular formula is C27H27F3N4O3. The monoisotopic (exact) mass is 512 g/mol. The van der Waals surface area contributed by atoms with Crippen molar-refractivity contribution in [1.82, 2.24) is 10.3 Å². The Kier molecular flexibility index (Phi) is 7.11. The number of pyridine rings is 1. The van der Waals surface area contributed by atoms with Gasteiger partial charge in [-0.05, 0) is 75.1 Å². The molecule has 0 saturated heterocycles. The van der Waals surface area contributed by atoms with Crippen LogP contribution in [0.3, 0.4) is 0 Å². The van der Waals surface area contributed by atoms with Gasteiger partial charge in [0.05, 0.1) is 11.3 Å². The molecule has 0 unspecified atom stereocenters. The van der Waals surface area contributed by atoms with E-state index in [0.29, 0.717) is 18.5 Å². The maximum atomic E-state index is 13.1. The van der Waals surface area contributed by atoms with Crippen molar-refractivity contribution in [2.75, 3.05) is 10.6 Å². The molecule has 7 nitrogen and oxygen atoms in total. The molecule has 1 aliphatic carbocycles. The molecule has 1 aromatic heterocycles. The fourth-order valence-electron chi connectivity index (χ4n) is 4.02. The van der Waals surface area contributed by atoms with Crippen LogP contribution in [0, 0.1) is 0 Å². The number of carbonyl (C=O) groups excluding carboxylic acids is 2. The van der Waals surface area contributed by atoms with Crippen molar-refractivity contribution in [3.63, 3.8) is 0 Å². The van der Waals surface area contributed by atoms with Crippen LogP contribution in [0.25, 0.3) is 0 Å². The van der Waals surface area contributed by atoms with Crippen molar-refractivity contribution >= 4 is 29.2 Å². The van der Waals surface area contributed by atoms with Gasteiger partial charge in [0.25, 0.3) is 5.91 Å². The number of benzene rings is 2. The van der Waals surface area contributed by atoms with Crippen LogP contribution in [-0.2, 0) is 23.8 Å². The molecule has 0 bridgehead atoms. The third-order valence-electron chi connectivity index (χ3n) is 5.57. The van der Waals surface area contributed by atoms with E-state index in [0.717, 1.165) is 12.1 Å².